The number of nitrogens with one attached hydrogen (secondary N) is 1. The quantitative estimate of drug-likeness (QED) is 0.841. The largest absolute Gasteiger partial charge is 0.478 e. The Morgan fingerprint density at radius 1 is 1.35 bits per heavy atom. The lowest BCUT2D eigenvalue weighted by molar-refractivity contribution is 0.0698. The fourth-order valence-electron chi connectivity index (χ4n) is 1.92. The number of hydrogen-bond acceptors (Lipinski definition) is 4. The molecule has 0 saturated carbocycles. The van der Waals surface area contributed by atoms with Crippen LogP contribution in [0.2, 0.25) is 0 Å². The van der Waals surface area contributed by atoms with Gasteiger partial charge in [-0.3, -0.25) is 0 Å². The average Bonchev–Trinajstić information content (AvgIpc) is 2.58. The Morgan fingerprint density at radius 3 is 2.65 bits per heavy atom. The molecule has 1 aliphatic heterocycles. The molecular formula is C11H13NO4S. The highest BCUT2D eigenvalue weighted by Gasteiger charge is 2.28. The number of carboxylic acid groups (broad SMARTS) is 1. The van der Waals surface area contributed by atoms with Gasteiger partial charge in [-0.05, 0) is 18.6 Å². The van der Waals surface area contributed by atoms with E-state index in [1.165, 1.54) is 6.07 Å². The molecule has 1 fully saturated rings. The van der Waals surface area contributed by atoms with Gasteiger partial charge in [-0.1, -0.05) is 12.1 Å². The van der Waals surface area contributed by atoms with Crippen LogP contribution in [0.25, 0.3) is 0 Å². The van der Waals surface area contributed by atoms with Crippen LogP contribution in [-0.2, 0) is 9.84 Å². The summed E-state index contributed by atoms with van der Waals surface area (Å²) < 4.78 is 22.6. The first-order chi connectivity index (χ1) is 7.98. The molecule has 1 saturated heterocycles. The maximum absolute atomic E-state index is 11.3. The molecule has 0 bridgehead atoms. The first-order valence-corrected chi connectivity index (χ1v) is 7.09. The standard InChI is InChI=1S/C11H13NO4S/c13-11(14)9-3-1-2-4-10(9)12-8-5-6-17(15,16)7-8/h1-4,8,12H,5-7H2,(H,13,14). The van der Waals surface area contributed by atoms with E-state index >= 15 is 0 Å². The van der Waals surface area contributed by atoms with E-state index in [1.54, 1.807) is 18.2 Å². The topological polar surface area (TPSA) is 83.5 Å². The normalized spacial score (nSPS) is 22.2. The van der Waals surface area contributed by atoms with E-state index in [4.69, 9.17) is 5.11 Å². The van der Waals surface area contributed by atoms with Crippen LogP contribution in [-0.4, -0.2) is 37.0 Å². The van der Waals surface area contributed by atoms with Crippen LogP contribution in [0.3, 0.4) is 0 Å². The van der Waals surface area contributed by atoms with Crippen molar-refractivity contribution < 1.29 is 18.3 Å². The second kappa shape index (κ2) is 4.37. The molecule has 1 heterocycles. The van der Waals surface area contributed by atoms with Gasteiger partial charge in [0.05, 0.1) is 17.1 Å². The van der Waals surface area contributed by atoms with Crippen molar-refractivity contribution in [3.05, 3.63) is 29.8 Å². The molecule has 5 nitrogen and oxygen atoms in total. The van der Waals surface area contributed by atoms with E-state index in [-0.39, 0.29) is 23.1 Å². The van der Waals surface area contributed by atoms with E-state index in [1.807, 2.05) is 0 Å². The number of carbonyl (C=O) groups is 1. The second-order valence-electron chi connectivity index (χ2n) is 4.10. The molecular weight excluding hydrogens is 242 g/mol. The van der Waals surface area contributed by atoms with Crippen molar-refractivity contribution in [1.82, 2.24) is 0 Å². The highest BCUT2D eigenvalue weighted by molar-refractivity contribution is 7.91. The van der Waals surface area contributed by atoms with Crippen LogP contribution >= 0.6 is 0 Å². The second-order valence-corrected chi connectivity index (χ2v) is 6.32. The van der Waals surface area contributed by atoms with Crippen LogP contribution in [0.5, 0.6) is 0 Å². The van der Waals surface area contributed by atoms with Crippen molar-refractivity contribution in [3.63, 3.8) is 0 Å². The highest BCUT2D eigenvalue weighted by atomic mass is 32.2. The van der Waals surface area contributed by atoms with E-state index in [0.29, 0.717) is 12.1 Å². The third-order valence-electron chi connectivity index (χ3n) is 2.75. The summed E-state index contributed by atoms with van der Waals surface area (Å²) in [6, 6.07) is 6.31. The Bertz CT molecular complexity index is 538. The number of hydrogen-bond donors (Lipinski definition) is 2. The number of benzene rings is 1. The number of sulfone groups is 1. The zero-order chi connectivity index (χ0) is 12.5. The average molecular weight is 255 g/mol. The monoisotopic (exact) mass is 255 g/mol. The molecule has 1 unspecified atom stereocenters. The smallest absolute Gasteiger partial charge is 0.337 e. The lowest BCUT2D eigenvalue weighted by Gasteiger charge is -2.14. The van der Waals surface area contributed by atoms with Gasteiger partial charge < -0.3 is 10.4 Å². The maximum atomic E-state index is 11.3. The predicted octanol–water partition coefficient (Wildman–Crippen LogP) is 0.984. The number of carboxylic acids is 1. The zero-order valence-corrected chi connectivity index (χ0v) is 9.90. The van der Waals surface area contributed by atoms with Crippen molar-refractivity contribution in [2.75, 3.05) is 16.8 Å². The number of anilines is 1. The number of aromatic carboxylic acids is 1. The number of para-hydroxylation sites is 1. The Labute approximate surface area is 99.4 Å². The molecule has 0 radical (unpaired) electrons. The van der Waals surface area contributed by atoms with Crippen molar-refractivity contribution in [1.29, 1.82) is 0 Å². The molecule has 17 heavy (non-hydrogen) atoms. The van der Waals surface area contributed by atoms with Gasteiger partial charge in [0.15, 0.2) is 9.84 Å². The fourth-order valence-corrected chi connectivity index (χ4v) is 3.60. The molecule has 0 aliphatic carbocycles. The van der Waals surface area contributed by atoms with Gasteiger partial charge >= 0.3 is 5.97 Å². The molecule has 1 aliphatic rings. The minimum absolute atomic E-state index is 0.0704. The van der Waals surface area contributed by atoms with Gasteiger partial charge in [0.1, 0.15) is 0 Å². The summed E-state index contributed by atoms with van der Waals surface area (Å²) in [6.07, 6.45) is 0.524. The van der Waals surface area contributed by atoms with E-state index in [2.05, 4.69) is 5.32 Å². The van der Waals surface area contributed by atoms with Crippen LogP contribution in [0, 0.1) is 0 Å². The highest BCUT2D eigenvalue weighted by Crippen LogP contribution is 2.20. The van der Waals surface area contributed by atoms with E-state index in [0.717, 1.165) is 0 Å². The lowest BCUT2D eigenvalue weighted by Crippen LogP contribution is -2.21. The van der Waals surface area contributed by atoms with Gasteiger partial charge in [-0.2, -0.15) is 0 Å². The third-order valence-corrected chi connectivity index (χ3v) is 4.52. The van der Waals surface area contributed by atoms with Gasteiger partial charge in [0.25, 0.3) is 0 Å². The summed E-state index contributed by atoms with van der Waals surface area (Å²) in [4.78, 5) is 11.0. The summed E-state index contributed by atoms with van der Waals surface area (Å²) in [5.74, 6) is -0.783. The molecule has 92 valence electrons. The summed E-state index contributed by atoms with van der Waals surface area (Å²) >= 11 is 0. The van der Waals surface area contributed by atoms with Gasteiger partial charge in [-0.25, -0.2) is 13.2 Å². The molecule has 2 N–H and O–H groups in total. The minimum Gasteiger partial charge on any atom is -0.478 e. The van der Waals surface area contributed by atoms with Crippen LogP contribution < -0.4 is 5.32 Å². The zero-order valence-electron chi connectivity index (χ0n) is 9.09. The first-order valence-electron chi connectivity index (χ1n) is 5.27. The SMILES string of the molecule is O=C(O)c1ccccc1NC1CCS(=O)(=O)C1. The van der Waals surface area contributed by atoms with E-state index < -0.39 is 15.8 Å². The molecule has 1 atom stereocenters. The van der Waals surface area contributed by atoms with Gasteiger partial charge in [0.2, 0.25) is 0 Å². The van der Waals surface area contributed by atoms with Crippen LogP contribution in [0.4, 0.5) is 5.69 Å². The van der Waals surface area contributed by atoms with E-state index in [9.17, 15) is 13.2 Å². The molecule has 0 spiro atoms. The van der Waals surface area contributed by atoms with Crippen LogP contribution in [0.15, 0.2) is 24.3 Å². The lowest BCUT2D eigenvalue weighted by atomic mass is 10.1. The molecule has 0 aromatic heterocycles. The molecule has 0 amide bonds. The Kier molecular flexibility index (Phi) is 3.06. The van der Waals surface area contributed by atoms with Crippen molar-refractivity contribution in [2.24, 2.45) is 0 Å². The van der Waals surface area contributed by atoms with Crippen LogP contribution in [0.1, 0.15) is 16.8 Å². The number of rotatable bonds is 3. The maximum Gasteiger partial charge on any atom is 0.337 e. The molecule has 1 aromatic carbocycles. The van der Waals surface area contributed by atoms with Gasteiger partial charge in [0, 0.05) is 11.7 Å². The summed E-state index contributed by atoms with van der Waals surface area (Å²) in [6.45, 7) is 0. The summed E-state index contributed by atoms with van der Waals surface area (Å²) in [7, 11) is -2.96. The molecule has 2 rings (SSSR count). The van der Waals surface area contributed by atoms with Crippen molar-refractivity contribution in [2.45, 2.75) is 12.5 Å². The summed E-state index contributed by atoms with van der Waals surface area (Å²) in [5, 5.41) is 12.0. The van der Waals surface area contributed by atoms with Crippen molar-refractivity contribution >= 4 is 21.5 Å². The molecule has 1 aromatic rings. The molecule has 6 heteroatoms. The summed E-state index contributed by atoms with van der Waals surface area (Å²) in [5.41, 5.74) is 0.638. The predicted molar refractivity (Wildman–Crippen MR) is 64.1 cm³/mol. The fraction of sp³-hybridized carbons (Fsp3) is 0.364. The van der Waals surface area contributed by atoms with Gasteiger partial charge in [-0.15, -0.1) is 0 Å². The first kappa shape index (κ1) is 11.9. The minimum atomic E-state index is -2.96. The third kappa shape index (κ3) is 2.76. The Balaban J connectivity index is 2.17. The Morgan fingerprint density at radius 2 is 2.06 bits per heavy atom. The Hall–Kier alpha value is -1.56. The van der Waals surface area contributed by atoms with Crippen molar-refractivity contribution in [3.8, 4) is 0 Å².